The third kappa shape index (κ3) is 3.74. The van der Waals surface area contributed by atoms with Crippen LogP contribution in [0.4, 0.5) is 4.79 Å². The number of hydrogen-bond acceptors (Lipinski definition) is 4. The summed E-state index contributed by atoms with van der Waals surface area (Å²) >= 11 is 0. The predicted molar refractivity (Wildman–Crippen MR) is 79.2 cm³/mol. The molecule has 0 N–H and O–H groups in total. The van der Waals surface area contributed by atoms with Crippen molar-refractivity contribution in [3.05, 3.63) is 35.9 Å². The standard InChI is InChI=1S/C14H20N2O4S/c1-15(2)21(18,19)13-8-9-16(10-13)14(17)20-11-12-6-4-3-5-7-12/h3-7,13H,8-11H2,1-2H3/t13-/m0/s1. The van der Waals surface area contributed by atoms with Crippen LogP contribution in [0.5, 0.6) is 0 Å². The van der Waals surface area contributed by atoms with Crippen molar-refractivity contribution in [1.82, 2.24) is 9.21 Å². The molecule has 1 aromatic carbocycles. The van der Waals surface area contributed by atoms with Crippen LogP contribution in [-0.4, -0.2) is 56.2 Å². The molecule has 1 fully saturated rings. The molecule has 7 heteroatoms. The first-order valence-electron chi connectivity index (χ1n) is 6.78. The third-order valence-corrected chi connectivity index (χ3v) is 5.78. The van der Waals surface area contributed by atoms with Gasteiger partial charge in [-0.15, -0.1) is 0 Å². The lowest BCUT2D eigenvalue weighted by molar-refractivity contribution is 0.104. The molecule has 0 aliphatic carbocycles. The van der Waals surface area contributed by atoms with Crippen LogP contribution in [0.3, 0.4) is 0 Å². The van der Waals surface area contributed by atoms with Crippen LogP contribution in [0.25, 0.3) is 0 Å². The van der Waals surface area contributed by atoms with Crippen molar-refractivity contribution < 1.29 is 17.9 Å². The Bertz CT molecular complexity index is 586. The van der Waals surface area contributed by atoms with E-state index in [9.17, 15) is 13.2 Å². The molecular weight excluding hydrogens is 292 g/mol. The van der Waals surface area contributed by atoms with Crippen LogP contribution >= 0.6 is 0 Å². The minimum atomic E-state index is -3.33. The average molecular weight is 312 g/mol. The van der Waals surface area contributed by atoms with Crippen LogP contribution in [0.1, 0.15) is 12.0 Å². The minimum absolute atomic E-state index is 0.189. The summed E-state index contributed by atoms with van der Waals surface area (Å²) in [7, 11) is -0.315. The number of hydrogen-bond donors (Lipinski definition) is 0. The highest BCUT2D eigenvalue weighted by Crippen LogP contribution is 2.19. The van der Waals surface area contributed by atoms with Gasteiger partial charge >= 0.3 is 6.09 Å². The fourth-order valence-electron chi connectivity index (χ4n) is 2.25. The first-order valence-corrected chi connectivity index (χ1v) is 8.28. The molecule has 0 radical (unpaired) electrons. The van der Waals surface area contributed by atoms with Crippen LogP contribution < -0.4 is 0 Å². The maximum absolute atomic E-state index is 12.0. The lowest BCUT2D eigenvalue weighted by atomic mass is 10.2. The fourth-order valence-corrected chi connectivity index (χ4v) is 3.61. The SMILES string of the molecule is CN(C)S(=O)(=O)[C@H]1CCN(C(=O)OCc2ccccc2)C1. The summed E-state index contributed by atoms with van der Waals surface area (Å²) in [5.74, 6) is 0. The Morgan fingerprint density at radius 3 is 2.62 bits per heavy atom. The van der Waals surface area contributed by atoms with Crippen molar-refractivity contribution in [2.45, 2.75) is 18.3 Å². The Morgan fingerprint density at radius 2 is 2.00 bits per heavy atom. The quantitative estimate of drug-likeness (QED) is 0.840. The Morgan fingerprint density at radius 1 is 1.33 bits per heavy atom. The molecule has 6 nitrogen and oxygen atoms in total. The van der Waals surface area contributed by atoms with E-state index in [4.69, 9.17) is 4.74 Å². The summed E-state index contributed by atoms with van der Waals surface area (Å²) in [6, 6.07) is 9.38. The molecule has 0 aromatic heterocycles. The molecule has 0 saturated carbocycles. The molecular formula is C14H20N2O4S. The number of benzene rings is 1. The van der Waals surface area contributed by atoms with E-state index < -0.39 is 21.4 Å². The molecule has 1 atom stereocenters. The maximum Gasteiger partial charge on any atom is 0.410 e. The number of likely N-dealkylation sites (tertiary alicyclic amines) is 1. The fraction of sp³-hybridized carbons (Fsp3) is 0.500. The van der Waals surface area contributed by atoms with Gasteiger partial charge in [0.1, 0.15) is 6.61 Å². The lowest BCUT2D eigenvalue weighted by Gasteiger charge is -2.19. The van der Waals surface area contributed by atoms with Gasteiger partial charge < -0.3 is 9.64 Å². The summed E-state index contributed by atoms with van der Waals surface area (Å²) in [4.78, 5) is 13.4. The molecule has 0 unspecified atom stereocenters. The van der Waals surface area contributed by atoms with Gasteiger partial charge in [-0.1, -0.05) is 30.3 Å². The van der Waals surface area contributed by atoms with Gasteiger partial charge in [-0.25, -0.2) is 17.5 Å². The molecule has 116 valence electrons. The summed E-state index contributed by atoms with van der Waals surface area (Å²) in [5.41, 5.74) is 0.905. The van der Waals surface area contributed by atoms with Gasteiger partial charge in [-0.2, -0.15) is 0 Å². The van der Waals surface area contributed by atoms with E-state index in [1.165, 1.54) is 23.3 Å². The lowest BCUT2D eigenvalue weighted by Crippen LogP contribution is -2.37. The highest BCUT2D eigenvalue weighted by atomic mass is 32.2. The van der Waals surface area contributed by atoms with Gasteiger partial charge in [0.15, 0.2) is 0 Å². The molecule has 1 saturated heterocycles. The van der Waals surface area contributed by atoms with E-state index in [0.29, 0.717) is 13.0 Å². The van der Waals surface area contributed by atoms with Crippen LogP contribution in [0.15, 0.2) is 30.3 Å². The van der Waals surface area contributed by atoms with Crippen molar-refractivity contribution in [3.8, 4) is 0 Å². The zero-order chi connectivity index (χ0) is 15.5. The number of nitrogens with zero attached hydrogens (tertiary/aromatic N) is 2. The monoisotopic (exact) mass is 312 g/mol. The first-order chi connectivity index (χ1) is 9.91. The summed E-state index contributed by atoms with van der Waals surface area (Å²) < 4.78 is 30.5. The molecule has 0 bridgehead atoms. The van der Waals surface area contributed by atoms with E-state index in [1.54, 1.807) is 0 Å². The van der Waals surface area contributed by atoms with E-state index >= 15 is 0 Å². The summed E-state index contributed by atoms with van der Waals surface area (Å²) in [5, 5.41) is -0.545. The third-order valence-electron chi connectivity index (χ3n) is 3.54. The number of ether oxygens (including phenoxy) is 1. The second kappa shape index (κ2) is 6.44. The van der Waals surface area contributed by atoms with Gasteiger partial charge in [-0.3, -0.25) is 0 Å². The van der Waals surface area contributed by atoms with Gasteiger partial charge in [0.2, 0.25) is 10.0 Å². The van der Waals surface area contributed by atoms with Gasteiger partial charge in [-0.05, 0) is 12.0 Å². The van der Waals surface area contributed by atoms with E-state index in [2.05, 4.69) is 0 Å². The minimum Gasteiger partial charge on any atom is -0.445 e. The summed E-state index contributed by atoms with van der Waals surface area (Å²) in [6.07, 6.45) is -0.0173. The van der Waals surface area contributed by atoms with Crippen molar-refractivity contribution in [2.75, 3.05) is 27.2 Å². The highest BCUT2D eigenvalue weighted by Gasteiger charge is 2.36. The maximum atomic E-state index is 12.0. The molecule has 2 rings (SSSR count). The molecule has 0 spiro atoms. The van der Waals surface area contributed by atoms with Crippen LogP contribution in [-0.2, 0) is 21.4 Å². The zero-order valence-corrected chi connectivity index (χ0v) is 13.0. The Hall–Kier alpha value is -1.60. The Kier molecular flexibility index (Phi) is 4.84. The van der Waals surface area contributed by atoms with Crippen molar-refractivity contribution >= 4 is 16.1 Å². The number of carbonyl (C=O) groups excluding carboxylic acids is 1. The summed E-state index contributed by atoms with van der Waals surface area (Å²) in [6.45, 7) is 0.792. The smallest absolute Gasteiger partial charge is 0.410 e. The van der Waals surface area contributed by atoms with Gasteiger partial charge in [0.05, 0.1) is 5.25 Å². The van der Waals surface area contributed by atoms with Crippen LogP contribution in [0.2, 0.25) is 0 Å². The van der Waals surface area contributed by atoms with Crippen molar-refractivity contribution in [1.29, 1.82) is 0 Å². The molecule has 21 heavy (non-hydrogen) atoms. The second-order valence-corrected chi connectivity index (χ2v) is 7.65. The van der Waals surface area contributed by atoms with Crippen LogP contribution in [0, 0.1) is 0 Å². The number of carbonyl (C=O) groups is 1. The first kappa shape index (κ1) is 15.8. The number of rotatable bonds is 4. The molecule has 1 amide bonds. The normalized spacial score (nSPS) is 19.0. The molecule has 1 heterocycles. The van der Waals surface area contributed by atoms with E-state index in [1.807, 2.05) is 30.3 Å². The Labute approximate surface area is 125 Å². The van der Waals surface area contributed by atoms with Gasteiger partial charge in [0.25, 0.3) is 0 Å². The van der Waals surface area contributed by atoms with Crippen molar-refractivity contribution in [2.24, 2.45) is 0 Å². The molecule has 1 aliphatic heterocycles. The average Bonchev–Trinajstić information content (AvgIpc) is 2.96. The van der Waals surface area contributed by atoms with E-state index in [-0.39, 0.29) is 13.2 Å². The van der Waals surface area contributed by atoms with E-state index in [0.717, 1.165) is 5.56 Å². The predicted octanol–water partition coefficient (Wildman–Crippen LogP) is 1.29. The zero-order valence-electron chi connectivity index (χ0n) is 12.2. The largest absolute Gasteiger partial charge is 0.445 e. The number of amides is 1. The highest BCUT2D eigenvalue weighted by molar-refractivity contribution is 7.89. The molecule has 1 aromatic rings. The van der Waals surface area contributed by atoms with Crippen molar-refractivity contribution in [3.63, 3.8) is 0 Å². The second-order valence-electron chi connectivity index (χ2n) is 5.22. The van der Waals surface area contributed by atoms with Gasteiger partial charge in [0, 0.05) is 27.2 Å². The number of sulfonamides is 1. The molecule has 1 aliphatic rings. The topological polar surface area (TPSA) is 66.9 Å². The Balaban J connectivity index is 1.88.